The Kier molecular flexibility index (Phi) is 13.0. The lowest BCUT2D eigenvalue weighted by Crippen LogP contribution is -2.09. The van der Waals surface area contributed by atoms with Crippen LogP contribution in [0.4, 0.5) is 0 Å². The number of esters is 1. The lowest BCUT2D eigenvalue weighted by molar-refractivity contribution is -0.134. The number of hydrogen-bond acceptors (Lipinski definition) is 3. The number of carbonyl (C=O) groups excluding carboxylic acids is 1. The molecule has 3 heteroatoms. The Morgan fingerprint density at radius 2 is 1.63 bits per heavy atom. The first-order valence-corrected chi connectivity index (χ1v) is 7.91. The topological polar surface area (TPSA) is 38.7 Å². The van der Waals surface area contributed by atoms with Crippen LogP contribution >= 0.6 is 0 Å². The van der Waals surface area contributed by atoms with E-state index in [0.717, 1.165) is 6.54 Å². The number of carbonyl (C=O) groups is 1. The normalized spacial score (nSPS) is 11.4. The maximum Gasteiger partial charge on any atom is 0.348 e. The summed E-state index contributed by atoms with van der Waals surface area (Å²) in [5.41, 5.74) is 0. The first-order valence-electron chi connectivity index (χ1n) is 7.91. The average Bonchev–Trinajstić information content (AvgIpc) is 2.39. The second kappa shape index (κ2) is 13.6. The summed E-state index contributed by atoms with van der Waals surface area (Å²) in [6.07, 6.45) is 11.5. The minimum atomic E-state index is -0.316. The fraction of sp³-hybridized carbons (Fsp3) is 0.875. The highest BCUT2D eigenvalue weighted by atomic mass is 16.5. The Balaban J connectivity index is 3.97. The molecule has 0 N–H and O–H groups in total. The molecule has 0 fully saturated rings. The second-order valence-corrected chi connectivity index (χ2v) is 5.10. The van der Waals surface area contributed by atoms with Gasteiger partial charge >= 0.3 is 5.97 Å². The molecule has 0 aliphatic heterocycles. The zero-order valence-electron chi connectivity index (χ0n) is 13.0. The van der Waals surface area contributed by atoms with E-state index >= 15 is 0 Å². The van der Waals surface area contributed by atoms with Crippen LogP contribution in [0, 0.1) is 5.92 Å². The van der Waals surface area contributed by atoms with Gasteiger partial charge in [-0.3, -0.25) is 4.99 Å². The van der Waals surface area contributed by atoms with Gasteiger partial charge in [0, 0.05) is 6.54 Å². The van der Waals surface area contributed by atoms with Gasteiger partial charge in [-0.05, 0) is 25.7 Å². The molecule has 0 heterocycles. The molecule has 0 saturated carbocycles. The maximum atomic E-state index is 11.2. The van der Waals surface area contributed by atoms with Crippen LogP contribution in [0.2, 0.25) is 0 Å². The van der Waals surface area contributed by atoms with Crippen LogP contribution in [0.1, 0.15) is 72.1 Å². The Morgan fingerprint density at radius 3 is 2.11 bits per heavy atom. The molecule has 0 rings (SSSR count). The first-order chi connectivity index (χ1) is 9.24. The Labute approximate surface area is 118 Å². The van der Waals surface area contributed by atoms with Gasteiger partial charge in [-0.2, -0.15) is 0 Å². The minimum absolute atomic E-state index is 0.316. The Bertz CT molecular complexity index is 229. The highest BCUT2D eigenvalue weighted by molar-refractivity contribution is 6.23. The zero-order valence-corrected chi connectivity index (χ0v) is 13.0. The molecule has 0 atom stereocenters. The van der Waals surface area contributed by atoms with Gasteiger partial charge in [0.25, 0.3) is 0 Å². The van der Waals surface area contributed by atoms with Gasteiger partial charge in [0.15, 0.2) is 0 Å². The summed E-state index contributed by atoms with van der Waals surface area (Å²) in [4.78, 5) is 15.4. The Morgan fingerprint density at radius 1 is 1.05 bits per heavy atom. The van der Waals surface area contributed by atoms with E-state index in [1.54, 1.807) is 0 Å². The number of nitrogens with zero attached hydrogens (tertiary/aromatic N) is 1. The molecular weight excluding hydrogens is 238 g/mol. The molecular formula is C16H31NO2. The van der Waals surface area contributed by atoms with Crippen molar-refractivity contribution in [2.75, 3.05) is 13.2 Å². The predicted octanol–water partition coefficient (Wildman–Crippen LogP) is 4.40. The summed E-state index contributed by atoms with van der Waals surface area (Å²) >= 11 is 0. The molecule has 0 amide bonds. The molecule has 0 aliphatic rings. The van der Waals surface area contributed by atoms with Gasteiger partial charge in [0.05, 0.1) is 6.61 Å². The van der Waals surface area contributed by atoms with Crippen LogP contribution in [0.25, 0.3) is 0 Å². The molecule has 3 nitrogen and oxygen atoms in total. The Hall–Kier alpha value is -0.860. The van der Waals surface area contributed by atoms with Crippen molar-refractivity contribution < 1.29 is 9.53 Å². The van der Waals surface area contributed by atoms with E-state index in [9.17, 15) is 4.79 Å². The van der Waals surface area contributed by atoms with Gasteiger partial charge in [-0.1, -0.05) is 52.4 Å². The van der Waals surface area contributed by atoms with Crippen LogP contribution in [-0.2, 0) is 9.53 Å². The summed E-state index contributed by atoms with van der Waals surface area (Å²) in [5.74, 6) is 0.312. The molecule has 0 aromatic carbocycles. The third kappa shape index (κ3) is 11.9. The monoisotopic (exact) mass is 269 g/mol. The van der Waals surface area contributed by atoms with Crippen molar-refractivity contribution in [1.29, 1.82) is 0 Å². The van der Waals surface area contributed by atoms with Crippen LogP contribution in [-0.4, -0.2) is 25.3 Å². The van der Waals surface area contributed by atoms with Crippen molar-refractivity contribution >= 4 is 12.2 Å². The minimum Gasteiger partial charge on any atom is -0.462 e. The summed E-state index contributed by atoms with van der Waals surface area (Å²) in [6.45, 7) is 7.45. The molecule has 0 aliphatic carbocycles. The fourth-order valence-electron chi connectivity index (χ4n) is 2.15. The van der Waals surface area contributed by atoms with Crippen molar-refractivity contribution in [3.8, 4) is 0 Å². The van der Waals surface area contributed by atoms with E-state index in [2.05, 4.69) is 18.8 Å². The van der Waals surface area contributed by atoms with Gasteiger partial charge in [-0.15, -0.1) is 0 Å². The third-order valence-corrected chi connectivity index (χ3v) is 3.28. The van der Waals surface area contributed by atoms with Gasteiger partial charge in [0.1, 0.15) is 6.21 Å². The van der Waals surface area contributed by atoms with Crippen LogP contribution in [0.3, 0.4) is 0 Å². The maximum absolute atomic E-state index is 11.2. The van der Waals surface area contributed by atoms with Crippen LogP contribution < -0.4 is 0 Å². The SMILES string of the molecule is CCCCCC(CCCCC)CN=CC(=O)OCC. The van der Waals surface area contributed by atoms with Crippen LogP contribution in [0.5, 0.6) is 0 Å². The van der Waals surface area contributed by atoms with E-state index in [4.69, 9.17) is 4.74 Å². The molecule has 0 radical (unpaired) electrons. The molecule has 0 aromatic heterocycles. The number of ether oxygens (including phenoxy) is 1. The van der Waals surface area contributed by atoms with Gasteiger partial charge < -0.3 is 4.74 Å². The number of hydrogen-bond donors (Lipinski definition) is 0. The van der Waals surface area contributed by atoms with Crippen molar-refractivity contribution in [1.82, 2.24) is 0 Å². The molecule has 0 unspecified atom stereocenters. The zero-order chi connectivity index (χ0) is 14.3. The second-order valence-electron chi connectivity index (χ2n) is 5.10. The van der Waals surface area contributed by atoms with Crippen molar-refractivity contribution in [2.24, 2.45) is 10.9 Å². The van der Waals surface area contributed by atoms with E-state index in [-0.39, 0.29) is 5.97 Å². The van der Waals surface area contributed by atoms with Crippen molar-refractivity contribution in [3.05, 3.63) is 0 Å². The third-order valence-electron chi connectivity index (χ3n) is 3.28. The number of rotatable bonds is 12. The van der Waals surface area contributed by atoms with Crippen molar-refractivity contribution in [3.63, 3.8) is 0 Å². The summed E-state index contributed by atoms with van der Waals surface area (Å²) in [6, 6.07) is 0. The molecule has 0 bridgehead atoms. The van der Waals surface area contributed by atoms with E-state index in [0.29, 0.717) is 12.5 Å². The summed E-state index contributed by atoms with van der Waals surface area (Å²) in [5, 5.41) is 0. The average molecular weight is 269 g/mol. The van der Waals surface area contributed by atoms with E-state index < -0.39 is 0 Å². The van der Waals surface area contributed by atoms with E-state index in [1.807, 2.05) is 6.92 Å². The number of aliphatic imine (C=N–C) groups is 1. The standard InChI is InChI=1S/C16H31NO2/c1-4-7-9-11-15(12-10-8-5-2)13-17-14-16(18)19-6-3/h14-15H,4-13H2,1-3H3. The fourth-order valence-corrected chi connectivity index (χ4v) is 2.15. The highest BCUT2D eigenvalue weighted by Gasteiger charge is 2.07. The summed E-state index contributed by atoms with van der Waals surface area (Å²) in [7, 11) is 0. The van der Waals surface area contributed by atoms with E-state index in [1.165, 1.54) is 57.6 Å². The molecule has 0 aromatic rings. The quantitative estimate of drug-likeness (QED) is 0.299. The highest BCUT2D eigenvalue weighted by Crippen LogP contribution is 2.17. The molecule has 112 valence electrons. The predicted molar refractivity (Wildman–Crippen MR) is 81.8 cm³/mol. The number of unbranched alkanes of at least 4 members (excludes halogenated alkanes) is 4. The lowest BCUT2D eigenvalue weighted by atomic mass is 9.95. The van der Waals surface area contributed by atoms with Crippen LogP contribution in [0.15, 0.2) is 4.99 Å². The van der Waals surface area contributed by atoms with Gasteiger partial charge in [0.2, 0.25) is 0 Å². The molecule has 0 spiro atoms. The summed E-state index contributed by atoms with van der Waals surface area (Å²) < 4.78 is 4.83. The molecule has 0 saturated heterocycles. The first kappa shape index (κ1) is 18.1. The smallest absolute Gasteiger partial charge is 0.348 e. The largest absolute Gasteiger partial charge is 0.462 e. The molecule has 19 heavy (non-hydrogen) atoms. The van der Waals surface area contributed by atoms with Crippen molar-refractivity contribution in [2.45, 2.75) is 72.1 Å². The van der Waals surface area contributed by atoms with Gasteiger partial charge in [-0.25, -0.2) is 4.79 Å². The lowest BCUT2D eigenvalue weighted by Gasteiger charge is -2.14.